The van der Waals surface area contributed by atoms with E-state index in [0.29, 0.717) is 19.1 Å². The summed E-state index contributed by atoms with van der Waals surface area (Å²) in [6, 6.07) is 0. The van der Waals surface area contributed by atoms with Crippen LogP contribution in [-0.2, 0) is 9.47 Å². The van der Waals surface area contributed by atoms with Crippen LogP contribution in [0.25, 0.3) is 0 Å². The van der Waals surface area contributed by atoms with E-state index in [1.54, 1.807) is 7.11 Å². The van der Waals surface area contributed by atoms with E-state index < -0.39 is 0 Å². The van der Waals surface area contributed by atoms with Gasteiger partial charge in [-0.1, -0.05) is 0 Å². The summed E-state index contributed by atoms with van der Waals surface area (Å²) in [6.45, 7) is 2.97. The third-order valence-corrected chi connectivity index (χ3v) is 5.20. The second-order valence-corrected chi connectivity index (χ2v) is 6.46. The zero-order valence-corrected chi connectivity index (χ0v) is 12.0. The van der Waals surface area contributed by atoms with Gasteiger partial charge < -0.3 is 19.9 Å². The first-order chi connectivity index (χ1) is 8.76. The van der Waals surface area contributed by atoms with Crippen LogP contribution in [-0.4, -0.2) is 61.7 Å². The normalized spacial score (nSPS) is 34.0. The first kappa shape index (κ1) is 14.6. The number of methoxy groups -OCH3 is 1. The third kappa shape index (κ3) is 3.84. The van der Waals surface area contributed by atoms with Gasteiger partial charge in [0.1, 0.15) is 0 Å². The minimum absolute atomic E-state index is 0.0705. The minimum atomic E-state index is -0.256. The third-order valence-electron chi connectivity index (χ3n) is 3.98. The maximum atomic E-state index is 10.3. The van der Waals surface area contributed by atoms with Crippen LogP contribution in [0.3, 0.4) is 0 Å². The van der Waals surface area contributed by atoms with Crippen molar-refractivity contribution >= 4 is 11.8 Å². The van der Waals surface area contributed by atoms with E-state index >= 15 is 0 Å². The molecule has 2 aliphatic heterocycles. The number of ether oxygens (including phenoxy) is 2. The van der Waals surface area contributed by atoms with Gasteiger partial charge in [-0.2, -0.15) is 11.8 Å². The van der Waals surface area contributed by atoms with Crippen molar-refractivity contribution in [2.24, 2.45) is 5.92 Å². The predicted octanol–water partition coefficient (Wildman–Crippen LogP) is 0.886. The fourth-order valence-corrected chi connectivity index (χ4v) is 4.23. The molecule has 2 aliphatic rings. The van der Waals surface area contributed by atoms with Gasteiger partial charge in [-0.15, -0.1) is 0 Å². The molecular weight excluding hydrogens is 250 g/mol. The van der Waals surface area contributed by atoms with Crippen LogP contribution in [0.15, 0.2) is 0 Å². The summed E-state index contributed by atoms with van der Waals surface area (Å²) in [7, 11) is 1.69. The summed E-state index contributed by atoms with van der Waals surface area (Å²) < 4.78 is 11.0. The van der Waals surface area contributed by atoms with E-state index in [0.717, 1.165) is 38.2 Å². The fourth-order valence-electron chi connectivity index (χ4n) is 2.85. The van der Waals surface area contributed by atoms with Crippen molar-refractivity contribution in [3.05, 3.63) is 0 Å². The number of rotatable bonds is 6. The van der Waals surface area contributed by atoms with Crippen molar-refractivity contribution in [2.45, 2.75) is 31.0 Å². The number of hydrogen-bond acceptors (Lipinski definition) is 5. The molecule has 0 radical (unpaired) electrons. The number of nitrogens with one attached hydrogen (secondary N) is 1. The Kier molecular flexibility index (Phi) is 5.76. The highest BCUT2D eigenvalue weighted by Crippen LogP contribution is 2.41. The van der Waals surface area contributed by atoms with E-state index in [1.165, 1.54) is 5.75 Å². The Morgan fingerprint density at radius 1 is 1.61 bits per heavy atom. The number of hydrogen-bond donors (Lipinski definition) is 2. The summed E-state index contributed by atoms with van der Waals surface area (Å²) in [5, 5.41) is 13.5. The summed E-state index contributed by atoms with van der Waals surface area (Å²) >= 11 is 1.98. The van der Waals surface area contributed by atoms with Crippen LogP contribution in [0.2, 0.25) is 0 Å². The molecule has 2 N–H and O–H groups in total. The van der Waals surface area contributed by atoms with E-state index in [9.17, 15) is 5.11 Å². The summed E-state index contributed by atoms with van der Waals surface area (Å²) in [6.07, 6.45) is 2.90. The van der Waals surface area contributed by atoms with Gasteiger partial charge in [0.15, 0.2) is 0 Å². The van der Waals surface area contributed by atoms with E-state index in [1.807, 2.05) is 11.8 Å². The molecule has 3 unspecified atom stereocenters. The lowest BCUT2D eigenvalue weighted by molar-refractivity contribution is -0.100. The Morgan fingerprint density at radius 3 is 3.22 bits per heavy atom. The second-order valence-electron chi connectivity index (χ2n) is 5.35. The van der Waals surface area contributed by atoms with E-state index in [4.69, 9.17) is 9.47 Å². The van der Waals surface area contributed by atoms with Gasteiger partial charge in [-0.3, -0.25) is 0 Å². The molecule has 2 rings (SSSR count). The van der Waals surface area contributed by atoms with E-state index in [-0.39, 0.29) is 11.7 Å². The van der Waals surface area contributed by atoms with Crippen molar-refractivity contribution < 1.29 is 14.6 Å². The highest BCUT2D eigenvalue weighted by molar-refractivity contribution is 7.99. The van der Waals surface area contributed by atoms with Crippen molar-refractivity contribution in [1.82, 2.24) is 5.32 Å². The summed E-state index contributed by atoms with van der Waals surface area (Å²) in [4.78, 5) is 0. The van der Waals surface area contributed by atoms with Gasteiger partial charge in [-0.05, 0) is 30.9 Å². The Balaban J connectivity index is 1.74. The molecule has 3 atom stereocenters. The lowest BCUT2D eigenvalue weighted by Gasteiger charge is -2.39. The van der Waals surface area contributed by atoms with Gasteiger partial charge >= 0.3 is 0 Å². The molecule has 2 heterocycles. The lowest BCUT2D eigenvalue weighted by atomic mass is 9.82. The second kappa shape index (κ2) is 7.10. The molecule has 0 aromatic heterocycles. The van der Waals surface area contributed by atoms with Crippen LogP contribution < -0.4 is 5.32 Å². The van der Waals surface area contributed by atoms with Crippen molar-refractivity contribution in [2.75, 3.05) is 44.9 Å². The summed E-state index contributed by atoms with van der Waals surface area (Å²) in [5.41, 5.74) is 0.0705. The maximum absolute atomic E-state index is 10.3. The molecule has 1 spiro atoms. The maximum Gasteiger partial charge on any atom is 0.0783 e. The molecule has 0 amide bonds. The zero-order chi connectivity index (χ0) is 12.8. The Morgan fingerprint density at radius 2 is 2.50 bits per heavy atom. The molecule has 2 saturated heterocycles. The Bertz CT molecular complexity index is 246. The molecule has 4 nitrogen and oxygen atoms in total. The Labute approximate surface area is 114 Å². The predicted molar refractivity (Wildman–Crippen MR) is 74.1 cm³/mol. The van der Waals surface area contributed by atoms with Crippen LogP contribution in [0.4, 0.5) is 0 Å². The topological polar surface area (TPSA) is 50.7 Å². The molecule has 2 fully saturated rings. The molecule has 18 heavy (non-hydrogen) atoms. The first-order valence-corrected chi connectivity index (χ1v) is 8.01. The Hall–Kier alpha value is 0.190. The SMILES string of the molecule is COCCNCC(O)C1CCOC2(CCSC2)C1. The van der Waals surface area contributed by atoms with Gasteiger partial charge in [-0.25, -0.2) is 0 Å². The van der Waals surface area contributed by atoms with Gasteiger partial charge in [0.25, 0.3) is 0 Å². The van der Waals surface area contributed by atoms with Crippen LogP contribution in [0.5, 0.6) is 0 Å². The smallest absolute Gasteiger partial charge is 0.0783 e. The van der Waals surface area contributed by atoms with Crippen molar-refractivity contribution in [3.8, 4) is 0 Å². The molecule has 106 valence electrons. The van der Waals surface area contributed by atoms with E-state index in [2.05, 4.69) is 5.32 Å². The highest BCUT2D eigenvalue weighted by atomic mass is 32.2. The van der Waals surface area contributed by atoms with Gasteiger partial charge in [0, 0.05) is 32.6 Å². The molecule has 5 heteroatoms. The average molecular weight is 275 g/mol. The molecule has 0 aliphatic carbocycles. The number of aliphatic hydroxyl groups is 1. The quantitative estimate of drug-likeness (QED) is 0.705. The van der Waals surface area contributed by atoms with Crippen LogP contribution >= 0.6 is 11.8 Å². The zero-order valence-electron chi connectivity index (χ0n) is 11.2. The largest absolute Gasteiger partial charge is 0.392 e. The monoisotopic (exact) mass is 275 g/mol. The average Bonchev–Trinajstić information content (AvgIpc) is 2.82. The minimum Gasteiger partial charge on any atom is -0.392 e. The van der Waals surface area contributed by atoms with Gasteiger partial charge in [0.05, 0.1) is 18.3 Å². The van der Waals surface area contributed by atoms with Crippen molar-refractivity contribution in [3.63, 3.8) is 0 Å². The van der Waals surface area contributed by atoms with Gasteiger partial charge in [0.2, 0.25) is 0 Å². The van der Waals surface area contributed by atoms with Crippen LogP contribution in [0.1, 0.15) is 19.3 Å². The molecule has 0 bridgehead atoms. The first-order valence-electron chi connectivity index (χ1n) is 6.85. The standard InChI is InChI=1S/C13H25NO3S/c1-16-6-4-14-9-12(15)11-2-5-17-13(8-11)3-7-18-10-13/h11-12,14-15H,2-10H2,1H3. The molecular formula is C13H25NO3S. The molecule has 0 aromatic rings. The highest BCUT2D eigenvalue weighted by Gasteiger charge is 2.42. The number of thioether (sulfide) groups is 1. The van der Waals surface area contributed by atoms with Crippen LogP contribution in [0, 0.1) is 5.92 Å². The molecule has 0 saturated carbocycles. The summed E-state index contributed by atoms with van der Waals surface area (Å²) in [5.74, 6) is 2.69. The fraction of sp³-hybridized carbons (Fsp3) is 1.00. The van der Waals surface area contributed by atoms with Crippen molar-refractivity contribution in [1.29, 1.82) is 0 Å². The lowest BCUT2D eigenvalue weighted by Crippen LogP contribution is -2.45. The number of aliphatic hydroxyl groups excluding tert-OH is 1. The molecule has 0 aromatic carbocycles.